The Balaban J connectivity index is 2.55. The van der Waals surface area contributed by atoms with Gasteiger partial charge in [0.15, 0.2) is 0 Å². The van der Waals surface area contributed by atoms with Gasteiger partial charge >= 0.3 is 0 Å². The minimum absolute atomic E-state index is 0.205. The van der Waals surface area contributed by atoms with Gasteiger partial charge in [0, 0.05) is 0 Å². The molecule has 12 heavy (non-hydrogen) atoms. The third kappa shape index (κ3) is 1.99. The molecule has 0 bridgehead atoms. The Kier molecular flexibility index (Phi) is 3.13. The summed E-state index contributed by atoms with van der Waals surface area (Å²) in [5, 5.41) is 19.3. The van der Waals surface area contributed by atoms with Gasteiger partial charge in [0.2, 0.25) is 0 Å². The van der Waals surface area contributed by atoms with E-state index < -0.39 is 0 Å². The van der Waals surface area contributed by atoms with Gasteiger partial charge in [-0.25, -0.2) is 0 Å². The zero-order valence-corrected chi connectivity index (χ0v) is 8.20. The molecule has 0 heterocycles. The summed E-state index contributed by atoms with van der Waals surface area (Å²) in [5.41, 5.74) is 0. The summed E-state index contributed by atoms with van der Waals surface area (Å²) >= 11 is 0. The highest BCUT2D eigenvalue weighted by Crippen LogP contribution is 2.33. The van der Waals surface area contributed by atoms with E-state index in [0.29, 0.717) is 5.92 Å². The zero-order valence-electron chi connectivity index (χ0n) is 8.20. The molecule has 1 aliphatic carbocycles. The van der Waals surface area contributed by atoms with E-state index in [4.69, 9.17) is 0 Å². The van der Waals surface area contributed by atoms with Crippen LogP contribution in [0.25, 0.3) is 0 Å². The summed E-state index contributed by atoms with van der Waals surface area (Å²) in [6.07, 6.45) is 1.11. The first-order chi connectivity index (χ1) is 5.52. The highest BCUT2D eigenvalue weighted by atomic mass is 16.3. The summed E-state index contributed by atoms with van der Waals surface area (Å²) in [6, 6.07) is 0. The molecule has 2 heteroatoms. The van der Waals surface area contributed by atoms with Gasteiger partial charge in [-0.2, -0.15) is 0 Å². The van der Waals surface area contributed by atoms with Crippen LogP contribution in [0.5, 0.6) is 0 Å². The number of aliphatic hydroxyl groups is 2. The molecule has 0 spiro atoms. The van der Waals surface area contributed by atoms with Crippen LogP contribution < -0.4 is 0 Å². The van der Waals surface area contributed by atoms with Crippen LogP contribution >= 0.6 is 0 Å². The van der Waals surface area contributed by atoms with Crippen LogP contribution in [0.3, 0.4) is 0 Å². The van der Waals surface area contributed by atoms with Crippen molar-refractivity contribution in [1.82, 2.24) is 0 Å². The first-order valence-electron chi connectivity index (χ1n) is 4.88. The molecule has 0 aromatic heterocycles. The van der Waals surface area contributed by atoms with Crippen LogP contribution in [0.15, 0.2) is 0 Å². The third-order valence-electron chi connectivity index (χ3n) is 3.13. The Bertz CT molecular complexity index is 145. The van der Waals surface area contributed by atoms with Crippen molar-refractivity contribution in [1.29, 1.82) is 0 Å². The second-order valence-corrected chi connectivity index (χ2v) is 4.49. The van der Waals surface area contributed by atoms with Crippen LogP contribution in [0, 0.1) is 17.8 Å². The summed E-state index contributed by atoms with van der Waals surface area (Å²) in [5.74, 6) is 1.02. The fraction of sp³-hybridized carbons (Fsp3) is 1.00. The van der Waals surface area contributed by atoms with E-state index in [2.05, 4.69) is 13.8 Å². The van der Waals surface area contributed by atoms with Gasteiger partial charge in [-0.15, -0.1) is 0 Å². The molecular weight excluding hydrogens is 152 g/mol. The van der Waals surface area contributed by atoms with Crippen molar-refractivity contribution < 1.29 is 10.2 Å². The van der Waals surface area contributed by atoms with Crippen LogP contribution in [-0.4, -0.2) is 22.4 Å². The lowest BCUT2D eigenvalue weighted by molar-refractivity contribution is -0.0413. The molecule has 2 N–H and O–H groups in total. The van der Waals surface area contributed by atoms with E-state index in [1.807, 2.05) is 6.92 Å². The largest absolute Gasteiger partial charge is 0.393 e. The maximum absolute atomic E-state index is 9.72. The van der Waals surface area contributed by atoms with Crippen molar-refractivity contribution in [3.8, 4) is 0 Å². The van der Waals surface area contributed by atoms with E-state index >= 15 is 0 Å². The maximum Gasteiger partial charge on any atom is 0.0575 e. The van der Waals surface area contributed by atoms with E-state index in [1.54, 1.807) is 0 Å². The minimum Gasteiger partial charge on any atom is -0.393 e. The Morgan fingerprint density at radius 2 is 1.67 bits per heavy atom. The molecule has 4 atom stereocenters. The van der Waals surface area contributed by atoms with Crippen molar-refractivity contribution in [2.24, 2.45) is 17.8 Å². The van der Waals surface area contributed by atoms with Gasteiger partial charge in [0.05, 0.1) is 12.2 Å². The van der Waals surface area contributed by atoms with Crippen LogP contribution in [-0.2, 0) is 0 Å². The van der Waals surface area contributed by atoms with Gasteiger partial charge in [-0.1, -0.05) is 20.8 Å². The Hall–Kier alpha value is -0.0800. The van der Waals surface area contributed by atoms with E-state index in [-0.39, 0.29) is 24.0 Å². The van der Waals surface area contributed by atoms with Crippen molar-refractivity contribution in [2.75, 3.05) is 0 Å². The molecule has 0 unspecified atom stereocenters. The lowest BCUT2D eigenvalue weighted by Crippen LogP contribution is -2.39. The van der Waals surface area contributed by atoms with Crippen molar-refractivity contribution in [2.45, 2.75) is 45.8 Å². The van der Waals surface area contributed by atoms with Gasteiger partial charge in [0.1, 0.15) is 0 Å². The third-order valence-corrected chi connectivity index (χ3v) is 3.13. The second kappa shape index (κ2) is 3.75. The highest BCUT2D eigenvalue weighted by molar-refractivity contribution is 4.84. The molecule has 0 amide bonds. The fourth-order valence-corrected chi connectivity index (χ4v) is 2.10. The second-order valence-electron chi connectivity index (χ2n) is 4.49. The summed E-state index contributed by atoms with van der Waals surface area (Å²) in [7, 11) is 0. The SMILES string of the molecule is CC(C)[C@H]1C[C@H](O)[C@H](C)C[C@@H]1O. The van der Waals surface area contributed by atoms with Gasteiger partial charge < -0.3 is 10.2 Å². The summed E-state index contributed by atoms with van der Waals surface area (Å²) in [6.45, 7) is 6.22. The zero-order chi connectivity index (χ0) is 9.30. The average Bonchev–Trinajstić information content (AvgIpc) is 1.96. The molecule has 0 aromatic rings. The fourth-order valence-electron chi connectivity index (χ4n) is 2.10. The molecular formula is C10H20O2. The number of aliphatic hydroxyl groups excluding tert-OH is 2. The molecule has 0 aliphatic heterocycles. The molecule has 2 nitrogen and oxygen atoms in total. The standard InChI is InChI=1S/C10H20O2/c1-6(2)8-5-9(11)7(3)4-10(8)12/h6-12H,4-5H2,1-3H3/t7-,8-,9+,10+/m1/s1. The van der Waals surface area contributed by atoms with E-state index in [9.17, 15) is 10.2 Å². The van der Waals surface area contributed by atoms with Gasteiger partial charge in [-0.05, 0) is 30.6 Å². The lowest BCUT2D eigenvalue weighted by Gasteiger charge is -2.37. The Morgan fingerprint density at radius 3 is 2.17 bits per heavy atom. The van der Waals surface area contributed by atoms with Crippen molar-refractivity contribution in [3.05, 3.63) is 0 Å². The monoisotopic (exact) mass is 172 g/mol. The molecule has 0 aromatic carbocycles. The van der Waals surface area contributed by atoms with Crippen LogP contribution in [0.1, 0.15) is 33.6 Å². The average molecular weight is 172 g/mol. The number of hydrogen-bond acceptors (Lipinski definition) is 2. The quantitative estimate of drug-likeness (QED) is 0.628. The first kappa shape index (κ1) is 10.0. The Morgan fingerprint density at radius 1 is 1.08 bits per heavy atom. The van der Waals surface area contributed by atoms with Gasteiger partial charge in [-0.3, -0.25) is 0 Å². The first-order valence-corrected chi connectivity index (χ1v) is 4.88. The van der Waals surface area contributed by atoms with Crippen molar-refractivity contribution >= 4 is 0 Å². The predicted molar refractivity (Wildman–Crippen MR) is 48.7 cm³/mol. The minimum atomic E-state index is -0.208. The summed E-state index contributed by atoms with van der Waals surface area (Å²) in [4.78, 5) is 0. The van der Waals surface area contributed by atoms with E-state index in [0.717, 1.165) is 12.8 Å². The molecule has 1 aliphatic rings. The molecule has 72 valence electrons. The topological polar surface area (TPSA) is 40.5 Å². The maximum atomic E-state index is 9.72. The highest BCUT2D eigenvalue weighted by Gasteiger charge is 2.34. The molecule has 1 fully saturated rings. The molecule has 0 saturated heterocycles. The van der Waals surface area contributed by atoms with Crippen LogP contribution in [0.2, 0.25) is 0 Å². The van der Waals surface area contributed by atoms with Crippen LogP contribution in [0.4, 0.5) is 0 Å². The normalized spacial score (nSPS) is 43.5. The van der Waals surface area contributed by atoms with E-state index in [1.165, 1.54) is 0 Å². The molecule has 0 radical (unpaired) electrons. The lowest BCUT2D eigenvalue weighted by atomic mass is 9.74. The Labute approximate surface area is 74.6 Å². The number of rotatable bonds is 1. The molecule has 1 saturated carbocycles. The summed E-state index contributed by atoms with van der Waals surface area (Å²) < 4.78 is 0. The van der Waals surface area contributed by atoms with Crippen molar-refractivity contribution in [3.63, 3.8) is 0 Å². The number of hydrogen-bond donors (Lipinski definition) is 2. The smallest absolute Gasteiger partial charge is 0.0575 e. The molecule has 1 rings (SSSR count). The van der Waals surface area contributed by atoms with Gasteiger partial charge in [0.25, 0.3) is 0 Å². The predicted octanol–water partition coefficient (Wildman–Crippen LogP) is 1.41.